The molecule has 2 aromatic carbocycles. The molecule has 1 atom stereocenters. The molecule has 2 aromatic rings. The topological polar surface area (TPSA) is 81.7 Å². The Bertz CT molecular complexity index is 1240. The molecule has 3 rings (SSSR count). The maximum Gasteiger partial charge on any atom is 0.336 e. The second kappa shape index (κ2) is 9.23. The van der Waals surface area contributed by atoms with Gasteiger partial charge in [0.25, 0.3) is 0 Å². The molecule has 1 unspecified atom stereocenters. The summed E-state index contributed by atoms with van der Waals surface area (Å²) in [6, 6.07) is 13.1. The number of carbonyl (C=O) groups excluding carboxylic acids is 1. The number of sulfone groups is 1. The fraction of sp³-hybridized carbons (Fsp3) is 0.320. The van der Waals surface area contributed by atoms with Crippen LogP contribution in [0.25, 0.3) is 0 Å². The SMILES string of the molecule is COC(=O)C1=C(C)NC(C)=C(S(=O)(=O)c2ccc(OC(C)(C)C)cc2)C1c1ccccc1Cl. The van der Waals surface area contributed by atoms with Crippen molar-refractivity contribution in [1.82, 2.24) is 5.32 Å². The van der Waals surface area contributed by atoms with Gasteiger partial charge in [0.15, 0.2) is 0 Å². The average Bonchev–Trinajstić information content (AvgIpc) is 2.72. The quantitative estimate of drug-likeness (QED) is 0.569. The van der Waals surface area contributed by atoms with Gasteiger partial charge in [-0.2, -0.15) is 0 Å². The van der Waals surface area contributed by atoms with Crippen LogP contribution in [0.4, 0.5) is 0 Å². The number of rotatable bonds is 5. The lowest BCUT2D eigenvalue weighted by Crippen LogP contribution is -2.31. The first-order valence-electron chi connectivity index (χ1n) is 10.4. The fourth-order valence-electron chi connectivity index (χ4n) is 3.89. The van der Waals surface area contributed by atoms with E-state index in [2.05, 4.69) is 5.32 Å². The molecule has 0 spiro atoms. The van der Waals surface area contributed by atoms with E-state index in [1.54, 1.807) is 50.2 Å². The maximum atomic E-state index is 13.9. The van der Waals surface area contributed by atoms with E-state index in [4.69, 9.17) is 21.1 Å². The number of dihydropyridines is 1. The van der Waals surface area contributed by atoms with E-state index in [9.17, 15) is 13.2 Å². The second-order valence-electron chi connectivity index (χ2n) is 8.79. The van der Waals surface area contributed by atoms with Crippen molar-refractivity contribution >= 4 is 27.4 Å². The Morgan fingerprint density at radius 2 is 1.61 bits per heavy atom. The first-order chi connectivity index (χ1) is 15.4. The third-order valence-corrected chi connectivity index (χ3v) is 7.53. The van der Waals surface area contributed by atoms with E-state index >= 15 is 0 Å². The Morgan fingerprint density at radius 1 is 1.00 bits per heavy atom. The zero-order valence-electron chi connectivity index (χ0n) is 19.5. The van der Waals surface area contributed by atoms with E-state index < -0.39 is 27.3 Å². The molecular weight excluding hydrogens is 462 g/mol. The number of esters is 1. The molecule has 0 fully saturated rings. The molecule has 0 saturated carbocycles. The first-order valence-corrected chi connectivity index (χ1v) is 12.3. The van der Waals surface area contributed by atoms with Crippen molar-refractivity contribution in [2.45, 2.75) is 51.0 Å². The lowest BCUT2D eigenvalue weighted by molar-refractivity contribution is -0.136. The number of nitrogens with one attached hydrogen (secondary N) is 1. The van der Waals surface area contributed by atoms with Gasteiger partial charge in [0.2, 0.25) is 9.84 Å². The van der Waals surface area contributed by atoms with Gasteiger partial charge in [0.05, 0.1) is 28.4 Å². The van der Waals surface area contributed by atoms with Crippen LogP contribution in [0.5, 0.6) is 5.75 Å². The number of ether oxygens (including phenoxy) is 2. The van der Waals surface area contributed by atoms with Crippen molar-refractivity contribution in [3.05, 3.63) is 81.0 Å². The molecule has 0 amide bonds. The van der Waals surface area contributed by atoms with Gasteiger partial charge in [-0.1, -0.05) is 29.8 Å². The van der Waals surface area contributed by atoms with Crippen molar-refractivity contribution in [3.63, 3.8) is 0 Å². The summed E-state index contributed by atoms with van der Waals surface area (Å²) in [5, 5.41) is 3.40. The number of hydrogen-bond donors (Lipinski definition) is 1. The molecule has 1 aliphatic rings. The lowest BCUT2D eigenvalue weighted by atomic mass is 9.86. The maximum absolute atomic E-state index is 13.9. The highest BCUT2D eigenvalue weighted by Crippen LogP contribution is 2.45. The van der Waals surface area contributed by atoms with E-state index in [1.165, 1.54) is 19.2 Å². The summed E-state index contributed by atoms with van der Waals surface area (Å²) in [6.07, 6.45) is 0. The lowest BCUT2D eigenvalue weighted by Gasteiger charge is -2.31. The highest BCUT2D eigenvalue weighted by molar-refractivity contribution is 7.95. The zero-order valence-corrected chi connectivity index (χ0v) is 21.1. The van der Waals surface area contributed by atoms with Gasteiger partial charge in [0.1, 0.15) is 11.4 Å². The Hall–Kier alpha value is -2.77. The van der Waals surface area contributed by atoms with Crippen molar-refractivity contribution in [2.24, 2.45) is 0 Å². The fourth-order valence-corrected chi connectivity index (χ4v) is 5.89. The Labute approximate surface area is 200 Å². The van der Waals surface area contributed by atoms with Crippen LogP contribution in [0.15, 0.2) is 75.3 Å². The van der Waals surface area contributed by atoms with Gasteiger partial charge in [0, 0.05) is 16.4 Å². The Kier molecular flexibility index (Phi) is 6.96. The molecule has 176 valence electrons. The number of halogens is 1. The Morgan fingerprint density at radius 3 is 2.15 bits per heavy atom. The number of carbonyl (C=O) groups is 1. The van der Waals surface area contributed by atoms with Crippen LogP contribution in [0.3, 0.4) is 0 Å². The van der Waals surface area contributed by atoms with Gasteiger partial charge < -0.3 is 14.8 Å². The van der Waals surface area contributed by atoms with E-state index in [-0.39, 0.29) is 15.4 Å². The summed E-state index contributed by atoms with van der Waals surface area (Å²) in [5.74, 6) is -0.996. The highest BCUT2D eigenvalue weighted by atomic mass is 35.5. The molecule has 0 radical (unpaired) electrons. The summed E-state index contributed by atoms with van der Waals surface area (Å²) in [6.45, 7) is 9.12. The molecule has 8 heteroatoms. The molecule has 1 N–H and O–H groups in total. The molecule has 0 aromatic heterocycles. The van der Waals surface area contributed by atoms with Crippen LogP contribution in [0, 0.1) is 0 Å². The van der Waals surface area contributed by atoms with Crippen molar-refractivity contribution in [1.29, 1.82) is 0 Å². The van der Waals surface area contributed by atoms with Crippen LogP contribution in [0.2, 0.25) is 5.02 Å². The normalized spacial score (nSPS) is 17.0. The van der Waals surface area contributed by atoms with Crippen LogP contribution in [-0.4, -0.2) is 27.1 Å². The van der Waals surface area contributed by atoms with Gasteiger partial charge in [-0.3, -0.25) is 0 Å². The third-order valence-electron chi connectivity index (χ3n) is 5.17. The minimum atomic E-state index is -4.02. The number of methoxy groups -OCH3 is 1. The van der Waals surface area contributed by atoms with E-state index in [1.807, 2.05) is 20.8 Å². The monoisotopic (exact) mass is 489 g/mol. The van der Waals surface area contributed by atoms with Crippen molar-refractivity contribution < 1.29 is 22.7 Å². The minimum absolute atomic E-state index is 0.0473. The first kappa shape index (κ1) is 24.9. The predicted molar refractivity (Wildman–Crippen MR) is 129 cm³/mol. The predicted octanol–water partition coefficient (Wildman–Crippen LogP) is 5.36. The Balaban J connectivity index is 2.19. The van der Waals surface area contributed by atoms with E-state index in [0.717, 1.165) is 0 Å². The molecule has 0 saturated heterocycles. The minimum Gasteiger partial charge on any atom is -0.488 e. The van der Waals surface area contributed by atoms with Crippen LogP contribution >= 0.6 is 11.6 Å². The van der Waals surface area contributed by atoms with Crippen LogP contribution in [0.1, 0.15) is 46.1 Å². The van der Waals surface area contributed by atoms with Gasteiger partial charge in [-0.25, -0.2) is 13.2 Å². The number of allylic oxidation sites excluding steroid dienone is 3. The summed E-state index contributed by atoms with van der Waals surface area (Å²) in [5.41, 5.74) is 1.21. The van der Waals surface area contributed by atoms with Gasteiger partial charge in [-0.15, -0.1) is 0 Å². The molecule has 1 aliphatic heterocycles. The van der Waals surface area contributed by atoms with Gasteiger partial charge >= 0.3 is 5.97 Å². The van der Waals surface area contributed by atoms with E-state index in [0.29, 0.717) is 27.7 Å². The molecule has 0 aliphatic carbocycles. The largest absolute Gasteiger partial charge is 0.488 e. The van der Waals surface area contributed by atoms with Crippen LogP contribution in [-0.2, 0) is 19.4 Å². The van der Waals surface area contributed by atoms with Crippen molar-refractivity contribution in [2.75, 3.05) is 7.11 Å². The zero-order chi connectivity index (χ0) is 24.6. The number of hydrogen-bond acceptors (Lipinski definition) is 6. The molecule has 6 nitrogen and oxygen atoms in total. The smallest absolute Gasteiger partial charge is 0.336 e. The van der Waals surface area contributed by atoms with Gasteiger partial charge in [-0.05, 0) is 70.5 Å². The number of benzene rings is 2. The second-order valence-corrected chi connectivity index (χ2v) is 11.1. The summed E-state index contributed by atoms with van der Waals surface area (Å²) in [4.78, 5) is 12.9. The third kappa shape index (κ3) is 5.09. The van der Waals surface area contributed by atoms with Crippen LogP contribution < -0.4 is 10.1 Å². The highest BCUT2D eigenvalue weighted by Gasteiger charge is 2.41. The molecule has 33 heavy (non-hydrogen) atoms. The summed E-state index contributed by atoms with van der Waals surface area (Å²) in [7, 11) is -2.76. The molecular formula is C25H28ClNO5S. The summed E-state index contributed by atoms with van der Waals surface area (Å²) < 4.78 is 38.6. The molecule has 0 bridgehead atoms. The standard InChI is InChI=1S/C25H28ClNO5S/c1-15-21(24(28)31-6)22(19-9-7-8-10-20(19)26)23(16(2)27-15)33(29,30)18-13-11-17(12-14-18)32-25(3,4)5/h7-14,22,27H,1-6H3. The van der Waals surface area contributed by atoms with Crippen molar-refractivity contribution in [3.8, 4) is 5.75 Å². The molecule has 1 heterocycles. The average molecular weight is 490 g/mol. The summed E-state index contributed by atoms with van der Waals surface area (Å²) >= 11 is 6.48.